The quantitative estimate of drug-likeness (QED) is 0.741. The summed E-state index contributed by atoms with van der Waals surface area (Å²) in [4.78, 5) is 31.0. The van der Waals surface area contributed by atoms with Crippen LogP contribution in [0.5, 0.6) is 5.75 Å². The van der Waals surface area contributed by atoms with Gasteiger partial charge in [-0.05, 0) is 24.1 Å². The zero-order valence-electron chi connectivity index (χ0n) is 16.9. The second-order valence-electron chi connectivity index (χ2n) is 7.45. The number of hydrogen-bond acceptors (Lipinski definition) is 5. The largest absolute Gasteiger partial charge is 0.497 e. The Morgan fingerprint density at radius 1 is 0.893 bits per heavy atom. The first-order valence-corrected chi connectivity index (χ1v) is 10.3. The van der Waals surface area contributed by atoms with Gasteiger partial charge < -0.3 is 19.9 Å². The molecule has 0 unspecified atom stereocenters. The molecular formula is C21H32N4O3. The summed E-state index contributed by atoms with van der Waals surface area (Å²) >= 11 is 0. The van der Waals surface area contributed by atoms with Crippen LogP contribution in [0.1, 0.15) is 18.4 Å². The van der Waals surface area contributed by atoms with E-state index >= 15 is 0 Å². The van der Waals surface area contributed by atoms with Crippen LogP contribution in [0.25, 0.3) is 0 Å². The number of rotatable bonds is 7. The molecule has 2 amide bonds. The van der Waals surface area contributed by atoms with Crippen LogP contribution < -0.4 is 10.1 Å². The molecule has 1 N–H and O–H groups in total. The third kappa shape index (κ3) is 5.94. The highest BCUT2D eigenvalue weighted by Gasteiger charge is 2.22. The number of benzene rings is 1. The average molecular weight is 389 g/mol. The smallest absolute Gasteiger partial charge is 0.223 e. The number of carbonyl (C=O) groups is 2. The fourth-order valence-corrected chi connectivity index (χ4v) is 3.75. The first kappa shape index (κ1) is 20.6. The van der Waals surface area contributed by atoms with Crippen LogP contribution >= 0.6 is 0 Å². The van der Waals surface area contributed by atoms with Crippen molar-refractivity contribution < 1.29 is 14.3 Å². The van der Waals surface area contributed by atoms with Crippen LogP contribution in [0.3, 0.4) is 0 Å². The van der Waals surface area contributed by atoms with Gasteiger partial charge in [0.05, 0.1) is 7.11 Å². The van der Waals surface area contributed by atoms with Gasteiger partial charge in [-0.3, -0.25) is 14.5 Å². The summed E-state index contributed by atoms with van der Waals surface area (Å²) in [5.41, 5.74) is 1.15. The average Bonchev–Trinajstić information content (AvgIpc) is 2.77. The Kier molecular flexibility index (Phi) is 7.68. The van der Waals surface area contributed by atoms with Crippen LogP contribution in [0.15, 0.2) is 24.3 Å². The van der Waals surface area contributed by atoms with Crippen LogP contribution in [0.4, 0.5) is 0 Å². The van der Waals surface area contributed by atoms with Crippen molar-refractivity contribution in [3.63, 3.8) is 0 Å². The Balaban J connectivity index is 1.33. The molecule has 28 heavy (non-hydrogen) atoms. The normalized spacial score (nSPS) is 18.2. The maximum Gasteiger partial charge on any atom is 0.223 e. The lowest BCUT2D eigenvalue weighted by molar-refractivity contribution is -0.134. The van der Waals surface area contributed by atoms with Gasteiger partial charge in [0, 0.05) is 71.7 Å². The number of hydrogen-bond donors (Lipinski definition) is 1. The molecule has 3 rings (SSSR count). The number of amides is 2. The van der Waals surface area contributed by atoms with E-state index in [1.54, 1.807) is 7.11 Å². The predicted octanol–water partition coefficient (Wildman–Crippen LogP) is 0.594. The summed E-state index contributed by atoms with van der Waals surface area (Å²) in [6, 6.07) is 7.89. The van der Waals surface area contributed by atoms with E-state index in [1.807, 2.05) is 34.1 Å². The highest BCUT2D eigenvalue weighted by molar-refractivity contribution is 5.77. The number of ether oxygens (including phenoxy) is 1. The van der Waals surface area contributed by atoms with Gasteiger partial charge in [0.25, 0.3) is 0 Å². The van der Waals surface area contributed by atoms with E-state index < -0.39 is 0 Å². The third-order valence-corrected chi connectivity index (χ3v) is 5.62. The molecule has 1 aromatic rings. The summed E-state index contributed by atoms with van der Waals surface area (Å²) in [6.45, 7) is 7.41. The van der Waals surface area contributed by atoms with Crippen LogP contribution in [-0.4, -0.2) is 92.5 Å². The minimum absolute atomic E-state index is 0.215. The summed E-state index contributed by atoms with van der Waals surface area (Å²) in [6.07, 6.45) is 1.86. The number of aryl methyl sites for hydroxylation is 1. The fourth-order valence-electron chi connectivity index (χ4n) is 3.75. The molecule has 0 atom stereocenters. The first-order chi connectivity index (χ1) is 13.7. The molecule has 0 saturated carbocycles. The Morgan fingerprint density at radius 2 is 1.50 bits per heavy atom. The molecule has 1 aromatic carbocycles. The van der Waals surface area contributed by atoms with Crippen molar-refractivity contribution in [3.05, 3.63) is 29.8 Å². The zero-order chi connectivity index (χ0) is 19.8. The van der Waals surface area contributed by atoms with Crippen LogP contribution in [-0.2, 0) is 16.0 Å². The molecule has 0 spiro atoms. The molecule has 0 aliphatic carbocycles. The molecule has 7 heteroatoms. The summed E-state index contributed by atoms with van der Waals surface area (Å²) < 4.78 is 5.16. The Bertz CT molecular complexity index is 636. The fraction of sp³-hybridized carbons (Fsp3) is 0.619. The van der Waals surface area contributed by atoms with Gasteiger partial charge in [-0.25, -0.2) is 0 Å². The number of nitrogens with one attached hydrogen (secondary N) is 1. The zero-order valence-corrected chi connectivity index (χ0v) is 16.9. The number of carbonyl (C=O) groups excluding carboxylic acids is 2. The predicted molar refractivity (Wildman–Crippen MR) is 108 cm³/mol. The monoisotopic (exact) mass is 388 g/mol. The van der Waals surface area contributed by atoms with Crippen molar-refractivity contribution in [2.75, 3.05) is 66.0 Å². The molecule has 2 fully saturated rings. The van der Waals surface area contributed by atoms with Crippen molar-refractivity contribution in [1.82, 2.24) is 20.0 Å². The topological polar surface area (TPSA) is 65.1 Å². The van der Waals surface area contributed by atoms with Crippen molar-refractivity contribution >= 4 is 11.8 Å². The minimum Gasteiger partial charge on any atom is -0.497 e. The Labute approximate surface area is 167 Å². The van der Waals surface area contributed by atoms with E-state index in [0.717, 1.165) is 76.6 Å². The second-order valence-corrected chi connectivity index (χ2v) is 7.45. The van der Waals surface area contributed by atoms with Crippen molar-refractivity contribution in [2.45, 2.75) is 19.3 Å². The van der Waals surface area contributed by atoms with E-state index in [4.69, 9.17) is 4.74 Å². The summed E-state index contributed by atoms with van der Waals surface area (Å²) in [7, 11) is 1.65. The van der Waals surface area contributed by atoms with Gasteiger partial charge in [-0.1, -0.05) is 12.1 Å². The van der Waals surface area contributed by atoms with Crippen molar-refractivity contribution in [1.29, 1.82) is 0 Å². The highest BCUT2D eigenvalue weighted by Crippen LogP contribution is 2.14. The molecule has 0 radical (unpaired) electrons. The van der Waals surface area contributed by atoms with E-state index in [9.17, 15) is 9.59 Å². The first-order valence-electron chi connectivity index (χ1n) is 10.3. The van der Waals surface area contributed by atoms with Crippen LogP contribution in [0, 0.1) is 0 Å². The molecule has 2 saturated heterocycles. The second kappa shape index (κ2) is 10.4. The molecule has 0 aromatic heterocycles. The Hall–Kier alpha value is -2.12. The molecular weight excluding hydrogens is 356 g/mol. The Morgan fingerprint density at radius 3 is 2.14 bits per heavy atom. The van der Waals surface area contributed by atoms with Crippen LogP contribution in [0.2, 0.25) is 0 Å². The minimum atomic E-state index is 0.215. The van der Waals surface area contributed by atoms with Gasteiger partial charge in [0.15, 0.2) is 0 Å². The number of methoxy groups -OCH3 is 1. The van der Waals surface area contributed by atoms with Gasteiger partial charge in [-0.15, -0.1) is 0 Å². The van der Waals surface area contributed by atoms with Gasteiger partial charge in [-0.2, -0.15) is 0 Å². The highest BCUT2D eigenvalue weighted by atomic mass is 16.5. The van der Waals surface area contributed by atoms with E-state index in [1.165, 1.54) is 0 Å². The molecule has 154 valence electrons. The molecule has 2 aliphatic heterocycles. The summed E-state index contributed by atoms with van der Waals surface area (Å²) in [5.74, 6) is 1.30. The van der Waals surface area contributed by atoms with Gasteiger partial charge in [0.2, 0.25) is 11.8 Å². The molecule has 2 aliphatic rings. The van der Waals surface area contributed by atoms with E-state index in [2.05, 4.69) is 10.2 Å². The standard InChI is InChI=1S/C21H32N4O3/c1-28-19-5-2-18(3-6-19)4-7-20(26)25-16-14-23(15-17-25)11-8-21(27)24-12-9-22-10-13-24/h2-3,5-6,22H,4,7-17H2,1H3. The summed E-state index contributed by atoms with van der Waals surface area (Å²) in [5, 5.41) is 3.27. The maximum absolute atomic E-state index is 12.5. The molecule has 0 bridgehead atoms. The van der Waals surface area contributed by atoms with E-state index in [-0.39, 0.29) is 11.8 Å². The van der Waals surface area contributed by atoms with Crippen molar-refractivity contribution in [2.24, 2.45) is 0 Å². The van der Waals surface area contributed by atoms with Crippen molar-refractivity contribution in [3.8, 4) is 5.75 Å². The van der Waals surface area contributed by atoms with E-state index in [0.29, 0.717) is 12.8 Å². The van der Waals surface area contributed by atoms with Gasteiger partial charge in [0.1, 0.15) is 5.75 Å². The SMILES string of the molecule is COc1ccc(CCC(=O)N2CCN(CCC(=O)N3CCNCC3)CC2)cc1. The lowest BCUT2D eigenvalue weighted by Gasteiger charge is -2.35. The number of nitrogens with zero attached hydrogens (tertiary/aromatic N) is 3. The molecule has 2 heterocycles. The third-order valence-electron chi connectivity index (χ3n) is 5.62. The lowest BCUT2D eigenvalue weighted by Crippen LogP contribution is -2.50. The molecule has 7 nitrogen and oxygen atoms in total. The number of piperazine rings is 2. The van der Waals surface area contributed by atoms with Gasteiger partial charge >= 0.3 is 0 Å². The maximum atomic E-state index is 12.5. The lowest BCUT2D eigenvalue weighted by atomic mass is 10.1.